The maximum absolute atomic E-state index is 4.75. The summed E-state index contributed by atoms with van der Waals surface area (Å²) in [5, 5.41) is 9.13. The van der Waals surface area contributed by atoms with Crippen LogP contribution in [0, 0.1) is 0 Å². The van der Waals surface area contributed by atoms with Crippen molar-refractivity contribution in [3.63, 3.8) is 0 Å². The van der Waals surface area contributed by atoms with Gasteiger partial charge in [-0.3, -0.25) is 4.98 Å². The average molecular weight is 335 g/mol. The molecular weight excluding hydrogens is 322 g/mol. The Kier molecular flexibility index (Phi) is 2.55. The highest BCUT2D eigenvalue weighted by molar-refractivity contribution is 7.26. The smallest absolute Gasteiger partial charge is 0.0715 e. The highest BCUT2D eigenvalue weighted by Gasteiger charge is 2.13. The molecule has 2 heterocycles. The lowest BCUT2D eigenvalue weighted by atomic mass is 9.99. The Morgan fingerprint density at radius 1 is 0.600 bits per heavy atom. The maximum atomic E-state index is 4.75. The van der Waals surface area contributed by atoms with Crippen molar-refractivity contribution in [2.75, 3.05) is 0 Å². The molecule has 0 spiro atoms. The summed E-state index contributed by atoms with van der Waals surface area (Å²) in [5.74, 6) is 0. The van der Waals surface area contributed by atoms with E-state index >= 15 is 0 Å². The van der Waals surface area contributed by atoms with E-state index < -0.39 is 0 Å². The van der Waals surface area contributed by atoms with Gasteiger partial charge in [0.05, 0.1) is 10.2 Å². The van der Waals surface area contributed by atoms with Crippen molar-refractivity contribution in [1.82, 2.24) is 4.98 Å². The molecule has 0 atom stereocenters. The summed E-state index contributed by atoms with van der Waals surface area (Å²) < 4.78 is 2.62. The lowest BCUT2D eigenvalue weighted by Crippen LogP contribution is -1.82. The first-order chi connectivity index (χ1) is 12.4. The average Bonchev–Trinajstić information content (AvgIpc) is 3.07. The lowest BCUT2D eigenvalue weighted by molar-refractivity contribution is 1.46. The molecular formula is C23H13NS. The van der Waals surface area contributed by atoms with Crippen LogP contribution in [0.4, 0.5) is 0 Å². The van der Waals surface area contributed by atoms with E-state index in [9.17, 15) is 0 Å². The molecule has 6 aromatic rings. The Hall–Kier alpha value is -2.97. The molecule has 0 amide bonds. The van der Waals surface area contributed by atoms with Gasteiger partial charge in [0.25, 0.3) is 0 Å². The molecule has 1 nitrogen and oxygen atoms in total. The fourth-order valence-electron chi connectivity index (χ4n) is 3.95. The first-order valence-corrected chi connectivity index (χ1v) is 9.22. The predicted molar refractivity (Wildman–Crippen MR) is 110 cm³/mol. The minimum absolute atomic E-state index is 1.07. The summed E-state index contributed by atoms with van der Waals surface area (Å²) in [7, 11) is 0. The molecule has 2 heteroatoms. The van der Waals surface area contributed by atoms with E-state index in [-0.39, 0.29) is 0 Å². The highest BCUT2D eigenvalue weighted by atomic mass is 32.1. The molecule has 0 aliphatic heterocycles. The molecule has 0 radical (unpaired) electrons. The summed E-state index contributed by atoms with van der Waals surface area (Å²) in [6, 6.07) is 26.1. The van der Waals surface area contributed by atoms with E-state index in [1.807, 2.05) is 17.5 Å². The van der Waals surface area contributed by atoms with Gasteiger partial charge in [0.1, 0.15) is 0 Å². The number of benzene rings is 4. The summed E-state index contributed by atoms with van der Waals surface area (Å²) >= 11 is 1.85. The van der Waals surface area contributed by atoms with E-state index in [2.05, 4.69) is 72.8 Å². The highest BCUT2D eigenvalue weighted by Crippen LogP contribution is 2.42. The van der Waals surface area contributed by atoms with E-state index in [1.54, 1.807) is 0 Å². The molecule has 0 unspecified atom stereocenters. The monoisotopic (exact) mass is 335 g/mol. The first kappa shape index (κ1) is 13.3. The third-order valence-corrected chi connectivity index (χ3v) is 6.26. The van der Waals surface area contributed by atoms with E-state index in [0.29, 0.717) is 0 Å². The Bertz CT molecular complexity index is 1440. The fourth-order valence-corrected chi connectivity index (χ4v) is 5.17. The molecule has 0 bridgehead atoms. The van der Waals surface area contributed by atoms with Gasteiger partial charge >= 0.3 is 0 Å². The Morgan fingerprint density at radius 3 is 2.20 bits per heavy atom. The van der Waals surface area contributed by atoms with Crippen LogP contribution in [0.2, 0.25) is 0 Å². The van der Waals surface area contributed by atoms with Crippen molar-refractivity contribution in [3.8, 4) is 0 Å². The lowest BCUT2D eigenvalue weighted by Gasteiger charge is -2.05. The molecule has 0 N–H and O–H groups in total. The second-order valence-corrected chi connectivity index (χ2v) is 7.50. The van der Waals surface area contributed by atoms with Crippen molar-refractivity contribution in [2.45, 2.75) is 0 Å². The van der Waals surface area contributed by atoms with E-state index in [4.69, 9.17) is 4.98 Å². The standard InChI is InChI=1S/C23H13NS/c1-3-7-16-14(5-1)10-12-19-21(16)22-18-11-9-15-6-2-4-8-17(15)23(18)25-20(22)13-24-19/h1-13H. The summed E-state index contributed by atoms with van der Waals surface area (Å²) in [6.45, 7) is 0. The summed E-state index contributed by atoms with van der Waals surface area (Å²) in [6.07, 6.45) is 2.03. The second kappa shape index (κ2) is 4.78. The summed E-state index contributed by atoms with van der Waals surface area (Å²) in [5.41, 5.74) is 1.07. The molecule has 0 saturated heterocycles. The number of thiophene rings is 1. The van der Waals surface area contributed by atoms with Crippen molar-refractivity contribution < 1.29 is 0 Å². The molecule has 0 aliphatic carbocycles. The normalized spacial score (nSPS) is 12.0. The molecule has 0 fully saturated rings. The van der Waals surface area contributed by atoms with Gasteiger partial charge in [-0.05, 0) is 27.6 Å². The van der Waals surface area contributed by atoms with Crippen molar-refractivity contribution in [3.05, 3.63) is 79.0 Å². The van der Waals surface area contributed by atoms with Gasteiger partial charge in [-0.25, -0.2) is 0 Å². The van der Waals surface area contributed by atoms with Gasteiger partial charge in [-0.1, -0.05) is 66.7 Å². The minimum Gasteiger partial charge on any atom is -0.255 e. The van der Waals surface area contributed by atoms with Gasteiger partial charge < -0.3 is 0 Å². The molecule has 2 aromatic heterocycles. The SMILES string of the molecule is c1ccc2c(c1)ccc1c2sc2cnc3ccc4ccccc4c3c21. The molecule has 25 heavy (non-hydrogen) atoms. The first-order valence-electron chi connectivity index (χ1n) is 8.40. The zero-order valence-electron chi connectivity index (χ0n) is 13.4. The molecule has 0 aliphatic rings. The molecule has 6 rings (SSSR count). The zero-order valence-corrected chi connectivity index (χ0v) is 14.2. The van der Waals surface area contributed by atoms with E-state index in [0.717, 1.165) is 5.52 Å². The number of hydrogen-bond donors (Lipinski definition) is 0. The van der Waals surface area contributed by atoms with Crippen molar-refractivity contribution >= 4 is 64.0 Å². The van der Waals surface area contributed by atoms with Gasteiger partial charge in [0.15, 0.2) is 0 Å². The van der Waals surface area contributed by atoms with Crippen LogP contribution in [0.15, 0.2) is 79.0 Å². The van der Waals surface area contributed by atoms with Crippen LogP contribution in [-0.4, -0.2) is 4.98 Å². The largest absolute Gasteiger partial charge is 0.255 e. The third kappa shape index (κ3) is 1.75. The second-order valence-electron chi connectivity index (χ2n) is 6.44. The summed E-state index contributed by atoms with van der Waals surface area (Å²) in [4.78, 5) is 4.75. The van der Waals surface area contributed by atoms with Crippen LogP contribution in [0.25, 0.3) is 52.6 Å². The van der Waals surface area contributed by atoms with Gasteiger partial charge in [0, 0.05) is 27.1 Å². The molecule has 116 valence electrons. The number of aromatic nitrogens is 1. The number of hydrogen-bond acceptors (Lipinski definition) is 2. The van der Waals surface area contributed by atoms with Gasteiger partial charge in [-0.15, -0.1) is 11.3 Å². The minimum atomic E-state index is 1.07. The Morgan fingerprint density at radius 2 is 1.32 bits per heavy atom. The van der Waals surface area contributed by atoms with Crippen molar-refractivity contribution in [1.29, 1.82) is 0 Å². The Labute approximate surface area is 148 Å². The molecule has 0 saturated carbocycles. The van der Waals surface area contributed by atoms with Crippen LogP contribution in [0.1, 0.15) is 0 Å². The maximum Gasteiger partial charge on any atom is 0.0715 e. The van der Waals surface area contributed by atoms with Gasteiger partial charge in [0.2, 0.25) is 0 Å². The van der Waals surface area contributed by atoms with E-state index in [1.165, 1.54) is 47.1 Å². The number of rotatable bonds is 0. The quantitative estimate of drug-likeness (QED) is 0.275. The van der Waals surface area contributed by atoms with Crippen LogP contribution in [-0.2, 0) is 0 Å². The fraction of sp³-hybridized carbons (Fsp3) is 0. The van der Waals surface area contributed by atoms with Gasteiger partial charge in [-0.2, -0.15) is 0 Å². The van der Waals surface area contributed by atoms with Crippen LogP contribution in [0.3, 0.4) is 0 Å². The van der Waals surface area contributed by atoms with Crippen LogP contribution in [0.5, 0.6) is 0 Å². The topological polar surface area (TPSA) is 12.9 Å². The third-order valence-electron chi connectivity index (χ3n) is 5.09. The Balaban J connectivity index is 1.95. The predicted octanol–water partition coefficient (Wildman–Crippen LogP) is 6.91. The van der Waals surface area contributed by atoms with Crippen LogP contribution < -0.4 is 0 Å². The molecule has 4 aromatic carbocycles. The number of fused-ring (bicyclic) bond motifs is 9. The number of pyridine rings is 1. The van der Waals surface area contributed by atoms with Crippen LogP contribution >= 0.6 is 11.3 Å². The zero-order chi connectivity index (χ0) is 16.4. The number of nitrogens with zero attached hydrogens (tertiary/aromatic N) is 1. The van der Waals surface area contributed by atoms with Crippen molar-refractivity contribution in [2.24, 2.45) is 0 Å².